The molecule has 1 saturated heterocycles. The van der Waals surface area contributed by atoms with Crippen LogP contribution in [0, 0.1) is 5.92 Å². The predicted molar refractivity (Wildman–Crippen MR) is 61.8 cm³/mol. The monoisotopic (exact) mass is 231 g/mol. The summed E-state index contributed by atoms with van der Waals surface area (Å²) in [6.45, 7) is 3.11. The van der Waals surface area contributed by atoms with Gasteiger partial charge < -0.3 is 0 Å². The lowest BCUT2D eigenvalue weighted by Crippen LogP contribution is -2.49. The fraction of sp³-hybridized carbons (Fsp3) is 1.00. The molecule has 0 amide bonds. The Morgan fingerprint density at radius 1 is 1.25 bits per heavy atom. The van der Waals surface area contributed by atoms with E-state index in [2.05, 4.69) is 11.8 Å². The van der Waals surface area contributed by atoms with Gasteiger partial charge in [0.15, 0.2) is 0 Å². The standard InChI is InChI=1S/C13H23F2N/c1-2-11-5-3-6-12(9-11)16-8-4-7-13(14,15)10-16/h11-12H,2-10H2,1H3/t11-,12+/m0/s1. The number of rotatable bonds is 2. The highest BCUT2D eigenvalue weighted by Crippen LogP contribution is 2.34. The highest BCUT2D eigenvalue weighted by Gasteiger charge is 2.38. The van der Waals surface area contributed by atoms with Gasteiger partial charge in [-0.2, -0.15) is 0 Å². The van der Waals surface area contributed by atoms with Crippen LogP contribution in [0.3, 0.4) is 0 Å². The molecule has 3 heteroatoms. The van der Waals surface area contributed by atoms with Crippen LogP contribution in [0.4, 0.5) is 8.78 Å². The Hall–Kier alpha value is -0.180. The molecule has 2 fully saturated rings. The Morgan fingerprint density at radius 2 is 2.06 bits per heavy atom. The summed E-state index contributed by atoms with van der Waals surface area (Å²) in [4.78, 5) is 2.06. The Balaban J connectivity index is 1.91. The first-order valence-electron chi connectivity index (χ1n) is 6.72. The summed E-state index contributed by atoms with van der Waals surface area (Å²) in [7, 11) is 0. The number of alkyl halides is 2. The van der Waals surface area contributed by atoms with Crippen LogP contribution in [-0.2, 0) is 0 Å². The minimum atomic E-state index is -2.43. The summed E-state index contributed by atoms with van der Waals surface area (Å²) in [6.07, 6.45) is 6.77. The van der Waals surface area contributed by atoms with E-state index in [-0.39, 0.29) is 13.0 Å². The maximum atomic E-state index is 13.3. The van der Waals surface area contributed by atoms with Crippen LogP contribution in [0.1, 0.15) is 51.9 Å². The number of halogens is 2. The van der Waals surface area contributed by atoms with Gasteiger partial charge in [0.25, 0.3) is 5.92 Å². The first-order valence-corrected chi connectivity index (χ1v) is 6.72. The molecule has 1 saturated carbocycles. The summed E-state index contributed by atoms with van der Waals surface area (Å²) in [5, 5.41) is 0. The zero-order valence-electron chi connectivity index (χ0n) is 10.2. The lowest BCUT2D eigenvalue weighted by molar-refractivity contribution is -0.0805. The van der Waals surface area contributed by atoms with Crippen molar-refractivity contribution in [1.29, 1.82) is 0 Å². The second-order valence-electron chi connectivity index (χ2n) is 5.52. The van der Waals surface area contributed by atoms with E-state index in [9.17, 15) is 8.78 Å². The first-order chi connectivity index (χ1) is 7.61. The van der Waals surface area contributed by atoms with Gasteiger partial charge in [0.1, 0.15) is 0 Å². The summed E-state index contributed by atoms with van der Waals surface area (Å²) in [5.41, 5.74) is 0. The molecule has 0 radical (unpaired) electrons. The van der Waals surface area contributed by atoms with E-state index in [1.807, 2.05) is 0 Å². The van der Waals surface area contributed by atoms with Crippen LogP contribution in [-0.4, -0.2) is 30.0 Å². The van der Waals surface area contributed by atoms with E-state index < -0.39 is 5.92 Å². The Bertz CT molecular complexity index is 230. The van der Waals surface area contributed by atoms with Gasteiger partial charge in [-0.1, -0.05) is 26.2 Å². The van der Waals surface area contributed by atoms with Gasteiger partial charge in [0.2, 0.25) is 0 Å². The van der Waals surface area contributed by atoms with Crippen LogP contribution in [0.2, 0.25) is 0 Å². The molecule has 1 heterocycles. The fourth-order valence-electron chi connectivity index (χ4n) is 3.27. The number of nitrogens with zero attached hydrogens (tertiary/aromatic N) is 1. The molecule has 0 aromatic carbocycles. The van der Waals surface area contributed by atoms with Crippen LogP contribution < -0.4 is 0 Å². The molecule has 0 aromatic heterocycles. The molecule has 16 heavy (non-hydrogen) atoms. The van der Waals surface area contributed by atoms with E-state index in [0.29, 0.717) is 12.5 Å². The van der Waals surface area contributed by atoms with Crippen molar-refractivity contribution in [2.24, 2.45) is 5.92 Å². The summed E-state index contributed by atoms with van der Waals surface area (Å²) in [6, 6.07) is 0.435. The van der Waals surface area contributed by atoms with Crippen molar-refractivity contribution in [3.63, 3.8) is 0 Å². The average molecular weight is 231 g/mol. The molecule has 94 valence electrons. The zero-order chi connectivity index (χ0) is 11.6. The Kier molecular flexibility index (Phi) is 3.83. The number of likely N-dealkylation sites (tertiary alicyclic amines) is 1. The highest BCUT2D eigenvalue weighted by molar-refractivity contribution is 4.86. The molecule has 2 aliphatic rings. The van der Waals surface area contributed by atoms with Crippen molar-refractivity contribution in [2.45, 2.75) is 63.8 Å². The molecule has 0 N–H and O–H groups in total. The summed E-state index contributed by atoms with van der Waals surface area (Å²) >= 11 is 0. The van der Waals surface area contributed by atoms with Gasteiger partial charge in [0, 0.05) is 12.5 Å². The van der Waals surface area contributed by atoms with Crippen molar-refractivity contribution >= 4 is 0 Å². The third-order valence-corrected chi connectivity index (χ3v) is 4.27. The summed E-state index contributed by atoms with van der Waals surface area (Å²) in [5.74, 6) is -1.66. The second-order valence-corrected chi connectivity index (χ2v) is 5.52. The molecule has 0 spiro atoms. The van der Waals surface area contributed by atoms with E-state index in [0.717, 1.165) is 25.3 Å². The quantitative estimate of drug-likeness (QED) is 0.700. The van der Waals surface area contributed by atoms with Crippen LogP contribution in [0.5, 0.6) is 0 Å². The van der Waals surface area contributed by atoms with Crippen LogP contribution >= 0.6 is 0 Å². The number of hydrogen-bond acceptors (Lipinski definition) is 1. The number of piperidine rings is 1. The SMILES string of the molecule is CC[C@H]1CCC[C@@H](N2CCCC(F)(F)C2)C1. The van der Waals surface area contributed by atoms with E-state index >= 15 is 0 Å². The smallest absolute Gasteiger partial charge is 0.260 e. The molecule has 0 unspecified atom stereocenters. The third kappa shape index (κ3) is 2.93. The lowest BCUT2D eigenvalue weighted by Gasteiger charge is -2.41. The normalized spacial score (nSPS) is 36.2. The van der Waals surface area contributed by atoms with Gasteiger partial charge in [-0.25, -0.2) is 8.78 Å². The Labute approximate surface area is 97.2 Å². The minimum absolute atomic E-state index is 0.00804. The fourth-order valence-corrected chi connectivity index (χ4v) is 3.27. The molecule has 0 bridgehead atoms. The first kappa shape index (κ1) is 12.3. The largest absolute Gasteiger partial charge is 0.294 e. The molecule has 2 atom stereocenters. The average Bonchev–Trinajstić information content (AvgIpc) is 2.28. The van der Waals surface area contributed by atoms with Gasteiger partial charge >= 0.3 is 0 Å². The molecule has 1 aliphatic carbocycles. The van der Waals surface area contributed by atoms with Gasteiger partial charge in [-0.05, 0) is 31.7 Å². The minimum Gasteiger partial charge on any atom is -0.294 e. The van der Waals surface area contributed by atoms with Crippen LogP contribution in [0.25, 0.3) is 0 Å². The van der Waals surface area contributed by atoms with Gasteiger partial charge in [0.05, 0.1) is 6.54 Å². The van der Waals surface area contributed by atoms with Crippen molar-refractivity contribution in [1.82, 2.24) is 4.90 Å². The topological polar surface area (TPSA) is 3.24 Å². The lowest BCUT2D eigenvalue weighted by atomic mass is 9.83. The van der Waals surface area contributed by atoms with Gasteiger partial charge in [-0.3, -0.25) is 4.90 Å². The maximum absolute atomic E-state index is 13.3. The molecular formula is C13H23F2N. The molecular weight excluding hydrogens is 208 g/mol. The van der Waals surface area contributed by atoms with Crippen molar-refractivity contribution in [2.75, 3.05) is 13.1 Å². The Morgan fingerprint density at radius 3 is 2.75 bits per heavy atom. The highest BCUT2D eigenvalue weighted by atomic mass is 19.3. The zero-order valence-corrected chi connectivity index (χ0v) is 10.2. The molecule has 1 nitrogen and oxygen atoms in total. The van der Waals surface area contributed by atoms with Crippen LogP contribution in [0.15, 0.2) is 0 Å². The summed E-state index contributed by atoms with van der Waals surface area (Å²) < 4.78 is 26.7. The third-order valence-electron chi connectivity index (χ3n) is 4.27. The van der Waals surface area contributed by atoms with E-state index in [1.165, 1.54) is 19.3 Å². The molecule has 2 rings (SSSR count). The van der Waals surface area contributed by atoms with Crippen molar-refractivity contribution in [3.8, 4) is 0 Å². The van der Waals surface area contributed by atoms with E-state index in [4.69, 9.17) is 0 Å². The molecule has 1 aliphatic heterocycles. The van der Waals surface area contributed by atoms with E-state index in [1.54, 1.807) is 0 Å². The number of hydrogen-bond donors (Lipinski definition) is 0. The van der Waals surface area contributed by atoms with Crippen molar-refractivity contribution in [3.05, 3.63) is 0 Å². The maximum Gasteiger partial charge on any atom is 0.260 e. The van der Waals surface area contributed by atoms with Crippen molar-refractivity contribution < 1.29 is 8.78 Å². The second kappa shape index (κ2) is 4.99. The predicted octanol–water partition coefficient (Wildman–Crippen LogP) is 3.69. The molecule has 0 aromatic rings. The van der Waals surface area contributed by atoms with Gasteiger partial charge in [-0.15, -0.1) is 0 Å².